The van der Waals surface area contributed by atoms with Crippen LogP contribution in [0.15, 0.2) is 0 Å². The second-order valence-electron chi connectivity index (χ2n) is 2.98. The maximum Gasteiger partial charge on any atom is 0.320 e. The third-order valence-corrected chi connectivity index (χ3v) is 2.10. The van der Waals surface area contributed by atoms with E-state index < -0.39 is 22.1 Å². The second-order valence-corrected chi connectivity index (χ2v) is 4.72. The molecule has 0 unspecified atom stereocenters. The topological polar surface area (TPSA) is 118 Å². The number of rotatable bonds is 3. The molecule has 6 nitrogen and oxygen atoms in total. The molecule has 7 heteroatoms. The molecule has 0 rings (SSSR count). The SMILES string of the molecule is CC(C)[C@H](N)C(=O)O.CCS(=O)(=O)O. The lowest BCUT2D eigenvalue weighted by Gasteiger charge is -2.07. The number of carboxylic acid groups (broad SMARTS) is 1. The van der Waals surface area contributed by atoms with Crippen LogP contribution in [0.1, 0.15) is 20.8 Å². The molecule has 0 aliphatic rings. The van der Waals surface area contributed by atoms with E-state index in [9.17, 15) is 13.2 Å². The number of carboxylic acids is 1. The van der Waals surface area contributed by atoms with E-state index >= 15 is 0 Å². The summed E-state index contributed by atoms with van der Waals surface area (Å²) in [5.74, 6) is -1.11. The van der Waals surface area contributed by atoms with Gasteiger partial charge in [-0.05, 0) is 12.8 Å². The van der Waals surface area contributed by atoms with Crippen LogP contribution in [0.5, 0.6) is 0 Å². The van der Waals surface area contributed by atoms with E-state index in [2.05, 4.69) is 0 Å². The molecule has 0 amide bonds. The summed E-state index contributed by atoms with van der Waals surface area (Å²) in [5.41, 5.74) is 5.16. The first-order valence-electron chi connectivity index (χ1n) is 4.05. The lowest BCUT2D eigenvalue weighted by molar-refractivity contribution is -0.139. The van der Waals surface area contributed by atoms with E-state index in [-0.39, 0.29) is 11.7 Å². The molecular weight excluding hydrogens is 210 g/mol. The third-order valence-electron chi connectivity index (χ3n) is 1.37. The van der Waals surface area contributed by atoms with Crippen molar-refractivity contribution in [3.05, 3.63) is 0 Å². The Hall–Kier alpha value is -0.660. The zero-order chi connectivity index (χ0) is 11.9. The minimum absolute atomic E-state index is 0.0208. The molecule has 4 N–H and O–H groups in total. The fraction of sp³-hybridized carbons (Fsp3) is 0.857. The van der Waals surface area contributed by atoms with Gasteiger partial charge < -0.3 is 10.8 Å². The first-order chi connectivity index (χ1) is 6.11. The van der Waals surface area contributed by atoms with Gasteiger partial charge in [-0.2, -0.15) is 8.42 Å². The zero-order valence-corrected chi connectivity index (χ0v) is 9.28. The van der Waals surface area contributed by atoms with Crippen molar-refractivity contribution in [2.45, 2.75) is 26.8 Å². The summed E-state index contributed by atoms with van der Waals surface area (Å²) in [7, 11) is -3.66. The summed E-state index contributed by atoms with van der Waals surface area (Å²) in [6.45, 7) is 4.92. The van der Waals surface area contributed by atoms with Crippen molar-refractivity contribution in [1.82, 2.24) is 0 Å². The van der Waals surface area contributed by atoms with Gasteiger partial charge in [-0.15, -0.1) is 0 Å². The summed E-state index contributed by atoms with van der Waals surface area (Å²) in [4.78, 5) is 10.0. The van der Waals surface area contributed by atoms with Gasteiger partial charge in [0.1, 0.15) is 6.04 Å². The standard InChI is InChI=1S/C5H11NO2.C2H6O3S/c1-3(2)4(6)5(7)8;1-2-6(3,4)5/h3-4H,6H2,1-2H3,(H,7,8);2H2,1H3,(H,3,4,5)/t4-;/m0./s1. The Bertz CT molecular complexity index is 259. The molecule has 14 heavy (non-hydrogen) atoms. The Labute approximate surface area is 83.9 Å². The molecule has 0 aliphatic carbocycles. The maximum atomic E-state index is 10.0. The van der Waals surface area contributed by atoms with Gasteiger partial charge >= 0.3 is 5.97 Å². The Morgan fingerprint density at radius 3 is 1.71 bits per heavy atom. The number of nitrogens with two attached hydrogens (primary N) is 1. The van der Waals surface area contributed by atoms with Crippen LogP contribution in [-0.4, -0.2) is 35.8 Å². The Morgan fingerprint density at radius 1 is 1.43 bits per heavy atom. The molecule has 0 fully saturated rings. The van der Waals surface area contributed by atoms with E-state index in [4.69, 9.17) is 15.4 Å². The van der Waals surface area contributed by atoms with E-state index in [0.717, 1.165) is 0 Å². The van der Waals surface area contributed by atoms with Crippen LogP contribution in [0.3, 0.4) is 0 Å². The van der Waals surface area contributed by atoms with Gasteiger partial charge in [0, 0.05) is 0 Å². The Kier molecular flexibility index (Phi) is 7.61. The van der Waals surface area contributed by atoms with Crippen molar-refractivity contribution >= 4 is 16.1 Å². The van der Waals surface area contributed by atoms with Crippen molar-refractivity contribution in [3.63, 3.8) is 0 Å². The van der Waals surface area contributed by atoms with E-state index in [1.807, 2.05) is 0 Å². The van der Waals surface area contributed by atoms with Crippen molar-refractivity contribution in [2.24, 2.45) is 11.7 Å². The Balaban J connectivity index is 0. The van der Waals surface area contributed by atoms with E-state index in [1.54, 1.807) is 13.8 Å². The smallest absolute Gasteiger partial charge is 0.320 e. The van der Waals surface area contributed by atoms with Gasteiger partial charge in [0.05, 0.1) is 5.75 Å². The number of hydrogen-bond acceptors (Lipinski definition) is 4. The number of aliphatic carboxylic acids is 1. The quantitative estimate of drug-likeness (QED) is 0.582. The average molecular weight is 227 g/mol. The molecule has 0 spiro atoms. The van der Waals surface area contributed by atoms with Gasteiger partial charge in [0.15, 0.2) is 0 Å². The predicted octanol–water partition coefficient (Wildman–Crippen LogP) is -0.0516. The molecule has 0 saturated carbocycles. The summed E-state index contributed by atoms with van der Waals surface area (Å²) < 4.78 is 26.9. The molecule has 86 valence electrons. The van der Waals surface area contributed by atoms with Crippen LogP contribution in [0, 0.1) is 5.92 Å². The van der Waals surface area contributed by atoms with E-state index in [1.165, 1.54) is 6.92 Å². The minimum atomic E-state index is -3.66. The van der Waals surface area contributed by atoms with Crippen LogP contribution in [-0.2, 0) is 14.9 Å². The zero-order valence-electron chi connectivity index (χ0n) is 8.47. The van der Waals surface area contributed by atoms with Crippen LogP contribution in [0.4, 0.5) is 0 Å². The fourth-order valence-electron chi connectivity index (χ4n) is 0.285. The normalized spacial score (nSPS) is 13.0. The Morgan fingerprint density at radius 2 is 1.71 bits per heavy atom. The first kappa shape index (κ1) is 15.8. The summed E-state index contributed by atoms with van der Waals surface area (Å²) in [6, 6.07) is -0.713. The van der Waals surface area contributed by atoms with Crippen LogP contribution >= 0.6 is 0 Å². The number of carbonyl (C=O) groups is 1. The molecule has 0 heterocycles. The third kappa shape index (κ3) is 11.3. The van der Waals surface area contributed by atoms with E-state index in [0.29, 0.717) is 0 Å². The van der Waals surface area contributed by atoms with Gasteiger partial charge in [-0.25, -0.2) is 0 Å². The highest BCUT2D eigenvalue weighted by atomic mass is 32.2. The highest BCUT2D eigenvalue weighted by Crippen LogP contribution is 1.96. The predicted molar refractivity (Wildman–Crippen MR) is 52.5 cm³/mol. The van der Waals surface area contributed by atoms with Crippen LogP contribution < -0.4 is 5.73 Å². The van der Waals surface area contributed by atoms with Crippen molar-refractivity contribution in [1.29, 1.82) is 0 Å². The minimum Gasteiger partial charge on any atom is -0.480 e. The average Bonchev–Trinajstić information content (AvgIpc) is 2.02. The molecule has 0 saturated heterocycles. The molecule has 0 bridgehead atoms. The molecule has 1 atom stereocenters. The fourth-order valence-corrected chi connectivity index (χ4v) is 0.285. The molecule has 0 aromatic carbocycles. The molecule has 0 aromatic rings. The molecule has 0 aliphatic heterocycles. The lowest BCUT2D eigenvalue weighted by Crippen LogP contribution is -2.34. The second kappa shape index (κ2) is 6.74. The molecule has 0 aromatic heterocycles. The monoisotopic (exact) mass is 227 g/mol. The summed E-state index contributed by atoms with van der Waals surface area (Å²) in [6.07, 6.45) is 0. The number of hydrogen-bond donors (Lipinski definition) is 3. The van der Waals surface area contributed by atoms with Crippen LogP contribution in [0.2, 0.25) is 0 Å². The van der Waals surface area contributed by atoms with Crippen LogP contribution in [0.25, 0.3) is 0 Å². The van der Waals surface area contributed by atoms with Crippen molar-refractivity contribution in [3.8, 4) is 0 Å². The van der Waals surface area contributed by atoms with Gasteiger partial charge in [-0.3, -0.25) is 9.35 Å². The van der Waals surface area contributed by atoms with Crippen molar-refractivity contribution in [2.75, 3.05) is 5.75 Å². The highest BCUT2D eigenvalue weighted by Gasteiger charge is 2.14. The van der Waals surface area contributed by atoms with Crippen molar-refractivity contribution < 1.29 is 22.9 Å². The van der Waals surface area contributed by atoms with Gasteiger partial charge in [0.25, 0.3) is 10.1 Å². The van der Waals surface area contributed by atoms with Gasteiger partial charge in [-0.1, -0.05) is 13.8 Å². The van der Waals surface area contributed by atoms with Gasteiger partial charge in [0.2, 0.25) is 0 Å². The molecule has 0 radical (unpaired) electrons. The maximum absolute atomic E-state index is 10.0. The summed E-state index contributed by atoms with van der Waals surface area (Å²) in [5, 5.41) is 8.23. The lowest BCUT2D eigenvalue weighted by atomic mass is 10.1. The highest BCUT2D eigenvalue weighted by molar-refractivity contribution is 7.85. The summed E-state index contributed by atoms with van der Waals surface area (Å²) >= 11 is 0. The molecular formula is C7H17NO5S. The first-order valence-corrected chi connectivity index (χ1v) is 5.66. The largest absolute Gasteiger partial charge is 0.480 e.